The highest BCUT2D eigenvalue weighted by Gasteiger charge is 2.17. The van der Waals surface area contributed by atoms with Crippen molar-refractivity contribution in [2.45, 2.75) is 27.2 Å². The summed E-state index contributed by atoms with van der Waals surface area (Å²) in [6.07, 6.45) is 0.735. The standard InChI is InChI=1S/C9H14N2O2/c1-4-7-8(6(3)10-11-7)9(12)13-5-2/h4-5H2,1-3H3,(H,10,11). The van der Waals surface area contributed by atoms with Gasteiger partial charge in [0.2, 0.25) is 0 Å². The molecule has 0 aliphatic rings. The van der Waals surface area contributed by atoms with E-state index in [-0.39, 0.29) is 5.97 Å². The van der Waals surface area contributed by atoms with Crippen LogP contribution in [0.15, 0.2) is 0 Å². The highest BCUT2D eigenvalue weighted by molar-refractivity contribution is 5.91. The minimum Gasteiger partial charge on any atom is -0.462 e. The van der Waals surface area contributed by atoms with E-state index in [0.717, 1.165) is 17.8 Å². The fourth-order valence-electron chi connectivity index (χ4n) is 1.21. The number of H-pyrrole nitrogens is 1. The van der Waals surface area contributed by atoms with E-state index in [1.165, 1.54) is 0 Å². The molecule has 0 unspecified atom stereocenters. The first-order valence-corrected chi connectivity index (χ1v) is 4.41. The molecule has 4 nitrogen and oxygen atoms in total. The lowest BCUT2D eigenvalue weighted by Crippen LogP contribution is -2.07. The molecule has 13 heavy (non-hydrogen) atoms. The van der Waals surface area contributed by atoms with Crippen LogP contribution in [0.1, 0.15) is 35.6 Å². The van der Waals surface area contributed by atoms with Gasteiger partial charge in [0.05, 0.1) is 12.3 Å². The maximum Gasteiger partial charge on any atom is 0.341 e. The second kappa shape index (κ2) is 4.07. The molecule has 0 aliphatic heterocycles. The van der Waals surface area contributed by atoms with E-state index >= 15 is 0 Å². The Morgan fingerprint density at radius 2 is 2.23 bits per heavy atom. The number of carbonyl (C=O) groups is 1. The van der Waals surface area contributed by atoms with E-state index in [0.29, 0.717) is 12.2 Å². The summed E-state index contributed by atoms with van der Waals surface area (Å²) in [4.78, 5) is 11.4. The van der Waals surface area contributed by atoms with Gasteiger partial charge in [0, 0.05) is 5.69 Å². The van der Waals surface area contributed by atoms with Crippen LogP contribution < -0.4 is 0 Å². The van der Waals surface area contributed by atoms with Crippen LogP contribution in [0.3, 0.4) is 0 Å². The van der Waals surface area contributed by atoms with Crippen molar-refractivity contribution in [2.75, 3.05) is 6.61 Å². The Bertz CT molecular complexity index is 305. The van der Waals surface area contributed by atoms with Crippen molar-refractivity contribution in [1.82, 2.24) is 10.2 Å². The maximum absolute atomic E-state index is 11.4. The van der Waals surface area contributed by atoms with Crippen molar-refractivity contribution < 1.29 is 9.53 Å². The minimum absolute atomic E-state index is 0.286. The molecular weight excluding hydrogens is 168 g/mol. The number of aryl methyl sites for hydroxylation is 2. The third-order valence-corrected chi connectivity index (χ3v) is 1.84. The lowest BCUT2D eigenvalue weighted by molar-refractivity contribution is 0.0524. The molecule has 1 heterocycles. The van der Waals surface area contributed by atoms with Crippen molar-refractivity contribution in [2.24, 2.45) is 0 Å². The summed E-state index contributed by atoms with van der Waals surface area (Å²) >= 11 is 0. The summed E-state index contributed by atoms with van der Waals surface area (Å²) in [6.45, 7) is 5.96. The Kier molecular flexibility index (Phi) is 3.06. The number of nitrogens with zero attached hydrogens (tertiary/aromatic N) is 1. The van der Waals surface area contributed by atoms with Gasteiger partial charge in [-0.2, -0.15) is 5.10 Å². The Balaban J connectivity index is 2.96. The number of aromatic amines is 1. The minimum atomic E-state index is -0.286. The molecule has 1 aromatic heterocycles. The topological polar surface area (TPSA) is 55.0 Å². The van der Waals surface area contributed by atoms with Crippen LogP contribution in [0.25, 0.3) is 0 Å². The fourth-order valence-corrected chi connectivity index (χ4v) is 1.21. The van der Waals surface area contributed by atoms with Gasteiger partial charge in [0.1, 0.15) is 5.56 Å². The SMILES string of the molecule is CCOC(=O)c1c(CC)n[nH]c1C. The highest BCUT2D eigenvalue weighted by atomic mass is 16.5. The van der Waals surface area contributed by atoms with Crippen molar-refractivity contribution in [3.8, 4) is 0 Å². The second-order valence-electron chi connectivity index (χ2n) is 2.74. The first-order chi connectivity index (χ1) is 6.20. The Morgan fingerprint density at radius 1 is 1.54 bits per heavy atom. The zero-order valence-electron chi connectivity index (χ0n) is 8.18. The third-order valence-electron chi connectivity index (χ3n) is 1.84. The number of ether oxygens (including phenoxy) is 1. The van der Waals surface area contributed by atoms with Gasteiger partial charge in [0.15, 0.2) is 0 Å². The molecule has 0 radical (unpaired) electrons. The number of esters is 1. The van der Waals surface area contributed by atoms with Crippen LogP contribution >= 0.6 is 0 Å². The molecule has 1 rings (SSSR count). The van der Waals surface area contributed by atoms with Crippen LogP contribution in [-0.4, -0.2) is 22.8 Å². The molecule has 0 spiro atoms. The van der Waals surface area contributed by atoms with Gasteiger partial charge in [-0.25, -0.2) is 4.79 Å². The van der Waals surface area contributed by atoms with Gasteiger partial charge >= 0.3 is 5.97 Å². The normalized spacial score (nSPS) is 10.1. The largest absolute Gasteiger partial charge is 0.462 e. The lowest BCUT2D eigenvalue weighted by atomic mass is 10.1. The fraction of sp³-hybridized carbons (Fsp3) is 0.556. The molecule has 1 aromatic rings. The van der Waals surface area contributed by atoms with Gasteiger partial charge in [-0.15, -0.1) is 0 Å². The van der Waals surface area contributed by atoms with E-state index < -0.39 is 0 Å². The molecule has 0 aliphatic carbocycles. The lowest BCUT2D eigenvalue weighted by Gasteiger charge is -2.01. The molecular formula is C9H14N2O2. The first kappa shape index (κ1) is 9.77. The number of hydrogen-bond acceptors (Lipinski definition) is 3. The Morgan fingerprint density at radius 3 is 2.77 bits per heavy atom. The van der Waals surface area contributed by atoms with Crippen LogP contribution in [-0.2, 0) is 11.2 Å². The molecule has 0 saturated heterocycles. The molecule has 0 fully saturated rings. The van der Waals surface area contributed by atoms with E-state index in [1.807, 2.05) is 13.8 Å². The average molecular weight is 182 g/mol. The van der Waals surface area contributed by atoms with Gasteiger partial charge in [-0.1, -0.05) is 6.92 Å². The quantitative estimate of drug-likeness (QED) is 0.720. The molecule has 0 amide bonds. The predicted molar refractivity (Wildman–Crippen MR) is 48.7 cm³/mol. The van der Waals surface area contributed by atoms with E-state index in [4.69, 9.17) is 4.74 Å². The summed E-state index contributed by atoms with van der Waals surface area (Å²) in [5, 5.41) is 6.79. The summed E-state index contributed by atoms with van der Waals surface area (Å²) < 4.78 is 4.91. The zero-order chi connectivity index (χ0) is 9.84. The van der Waals surface area contributed by atoms with Crippen molar-refractivity contribution >= 4 is 5.97 Å². The summed E-state index contributed by atoms with van der Waals surface area (Å²) in [5.74, 6) is -0.286. The van der Waals surface area contributed by atoms with Crippen LogP contribution in [0, 0.1) is 6.92 Å². The van der Waals surface area contributed by atoms with Crippen LogP contribution in [0.2, 0.25) is 0 Å². The average Bonchev–Trinajstić information content (AvgIpc) is 2.47. The number of carbonyl (C=O) groups excluding carboxylic acids is 1. The molecule has 0 saturated carbocycles. The van der Waals surface area contributed by atoms with Crippen LogP contribution in [0.4, 0.5) is 0 Å². The predicted octanol–water partition coefficient (Wildman–Crippen LogP) is 1.46. The summed E-state index contributed by atoms with van der Waals surface area (Å²) in [6, 6.07) is 0. The Labute approximate surface area is 77.3 Å². The van der Waals surface area contributed by atoms with Gasteiger partial charge < -0.3 is 4.74 Å². The number of nitrogens with one attached hydrogen (secondary N) is 1. The number of aromatic nitrogens is 2. The van der Waals surface area contributed by atoms with Crippen molar-refractivity contribution in [1.29, 1.82) is 0 Å². The molecule has 0 atom stereocenters. The first-order valence-electron chi connectivity index (χ1n) is 4.41. The van der Waals surface area contributed by atoms with Gasteiger partial charge in [-0.05, 0) is 20.3 Å². The van der Waals surface area contributed by atoms with Crippen LogP contribution in [0.5, 0.6) is 0 Å². The number of hydrogen-bond donors (Lipinski definition) is 1. The zero-order valence-corrected chi connectivity index (χ0v) is 8.18. The molecule has 0 bridgehead atoms. The molecule has 4 heteroatoms. The van der Waals surface area contributed by atoms with E-state index in [9.17, 15) is 4.79 Å². The number of rotatable bonds is 3. The van der Waals surface area contributed by atoms with Gasteiger partial charge in [0.25, 0.3) is 0 Å². The third kappa shape index (κ3) is 1.88. The van der Waals surface area contributed by atoms with E-state index in [1.54, 1.807) is 6.92 Å². The second-order valence-corrected chi connectivity index (χ2v) is 2.74. The molecule has 0 aromatic carbocycles. The Hall–Kier alpha value is -1.32. The monoisotopic (exact) mass is 182 g/mol. The highest BCUT2D eigenvalue weighted by Crippen LogP contribution is 2.12. The van der Waals surface area contributed by atoms with Crippen molar-refractivity contribution in [3.05, 3.63) is 17.0 Å². The van der Waals surface area contributed by atoms with Gasteiger partial charge in [-0.3, -0.25) is 5.10 Å². The smallest absolute Gasteiger partial charge is 0.341 e. The maximum atomic E-state index is 11.4. The summed E-state index contributed by atoms with van der Waals surface area (Å²) in [7, 11) is 0. The van der Waals surface area contributed by atoms with E-state index in [2.05, 4.69) is 10.2 Å². The molecule has 72 valence electrons. The molecule has 1 N–H and O–H groups in total. The summed E-state index contributed by atoms with van der Waals surface area (Å²) in [5.41, 5.74) is 2.13. The van der Waals surface area contributed by atoms with Crippen molar-refractivity contribution in [3.63, 3.8) is 0 Å².